The minimum Gasteiger partial charge on any atom is -0.322 e. The maximum atomic E-state index is 12.2. The van der Waals surface area contributed by atoms with E-state index in [1.807, 2.05) is 36.4 Å². The summed E-state index contributed by atoms with van der Waals surface area (Å²) in [5.74, 6) is -0.00315. The van der Waals surface area contributed by atoms with Gasteiger partial charge >= 0.3 is 0 Å². The van der Waals surface area contributed by atoms with Crippen LogP contribution in [0, 0.1) is 3.57 Å². The van der Waals surface area contributed by atoms with Gasteiger partial charge in [0.1, 0.15) is 0 Å². The molecule has 0 bridgehead atoms. The minimum atomic E-state index is -0.152. The summed E-state index contributed by atoms with van der Waals surface area (Å²) in [5, 5.41) is 2.86. The van der Waals surface area contributed by atoms with Crippen LogP contribution in [0.5, 0.6) is 0 Å². The lowest BCUT2D eigenvalue weighted by molar-refractivity contribution is -0.117. The lowest BCUT2D eigenvalue weighted by atomic mass is 10.1. The Morgan fingerprint density at radius 3 is 2.32 bits per heavy atom. The van der Waals surface area contributed by atoms with Gasteiger partial charge in [0.2, 0.25) is 5.91 Å². The maximum absolute atomic E-state index is 12.2. The molecule has 0 radical (unpaired) electrons. The summed E-state index contributed by atoms with van der Waals surface area (Å²) in [7, 11) is 0. The molecule has 4 nitrogen and oxygen atoms in total. The van der Waals surface area contributed by atoms with Crippen molar-refractivity contribution in [1.82, 2.24) is 0 Å². The number of halogens is 1. The number of rotatable bonds is 3. The molecular weight excluding hydrogens is 391 g/mol. The van der Waals surface area contributed by atoms with Crippen LogP contribution in [-0.4, -0.2) is 18.4 Å². The van der Waals surface area contributed by atoms with Crippen molar-refractivity contribution in [3.8, 4) is 0 Å². The molecule has 1 saturated heterocycles. The third kappa shape index (κ3) is 3.30. The molecule has 22 heavy (non-hydrogen) atoms. The molecule has 0 atom stereocenters. The van der Waals surface area contributed by atoms with Crippen LogP contribution in [0.4, 0.5) is 11.4 Å². The Hall–Kier alpha value is -1.89. The number of benzene rings is 2. The number of amides is 2. The molecule has 2 amide bonds. The Labute approximate surface area is 142 Å². The van der Waals surface area contributed by atoms with Crippen LogP contribution in [0.15, 0.2) is 48.5 Å². The van der Waals surface area contributed by atoms with E-state index in [0.29, 0.717) is 12.0 Å². The summed E-state index contributed by atoms with van der Waals surface area (Å²) in [6.45, 7) is 0.757. The van der Waals surface area contributed by atoms with Crippen molar-refractivity contribution in [2.75, 3.05) is 16.8 Å². The van der Waals surface area contributed by atoms with E-state index in [-0.39, 0.29) is 11.8 Å². The molecule has 0 saturated carbocycles. The van der Waals surface area contributed by atoms with Crippen molar-refractivity contribution in [3.05, 3.63) is 57.7 Å². The lowest BCUT2D eigenvalue weighted by Gasteiger charge is -2.15. The molecule has 1 fully saturated rings. The summed E-state index contributed by atoms with van der Waals surface area (Å²) in [5.41, 5.74) is 2.20. The zero-order valence-electron chi connectivity index (χ0n) is 11.9. The summed E-state index contributed by atoms with van der Waals surface area (Å²) >= 11 is 2.22. The Morgan fingerprint density at radius 1 is 1.05 bits per heavy atom. The molecule has 2 aromatic carbocycles. The zero-order chi connectivity index (χ0) is 15.5. The third-order valence-electron chi connectivity index (χ3n) is 3.62. The molecule has 2 aromatic rings. The van der Waals surface area contributed by atoms with Crippen LogP contribution in [0.1, 0.15) is 23.2 Å². The quantitative estimate of drug-likeness (QED) is 0.791. The van der Waals surface area contributed by atoms with Crippen molar-refractivity contribution in [3.63, 3.8) is 0 Å². The number of nitrogens with one attached hydrogen (secondary N) is 1. The van der Waals surface area contributed by atoms with E-state index >= 15 is 0 Å². The van der Waals surface area contributed by atoms with Crippen LogP contribution < -0.4 is 10.2 Å². The molecular formula is C17H15IN2O2. The monoisotopic (exact) mass is 406 g/mol. The predicted octanol–water partition coefficient (Wildman–Crippen LogP) is 3.67. The van der Waals surface area contributed by atoms with Gasteiger partial charge in [-0.05, 0) is 77.5 Å². The lowest BCUT2D eigenvalue weighted by Crippen LogP contribution is -2.23. The number of hydrogen-bond acceptors (Lipinski definition) is 2. The first-order valence-corrected chi connectivity index (χ1v) is 8.19. The van der Waals surface area contributed by atoms with Crippen molar-refractivity contribution < 1.29 is 9.59 Å². The van der Waals surface area contributed by atoms with Crippen molar-refractivity contribution >= 4 is 45.8 Å². The molecule has 5 heteroatoms. The van der Waals surface area contributed by atoms with E-state index in [9.17, 15) is 9.59 Å². The maximum Gasteiger partial charge on any atom is 0.255 e. The van der Waals surface area contributed by atoms with Gasteiger partial charge in [0.15, 0.2) is 0 Å². The molecule has 1 N–H and O–H groups in total. The second-order valence-corrected chi connectivity index (χ2v) is 6.40. The molecule has 0 unspecified atom stereocenters. The van der Waals surface area contributed by atoms with Gasteiger partial charge in [-0.1, -0.05) is 0 Å². The van der Waals surface area contributed by atoms with Gasteiger partial charge in [0.25, 0.3) is 5.91 Å². The third-order valence-corrected chi connectivity index (χ3v) is 4.34. The number of anilines is 2. The summed E-state index contributed by atoms with van der Waals surface area (Å²) < 4.78 is 1.12. The van der Waals surface area contributed by atoms with E-state index in [0.717, 1.165) is 27.9 Å². The van der Waals surface area contributed by atoms with Crippen LogP contribution in [0.2, 0.25) is 0 Å². The number of nitrogens with zero attached hydrogens (tertiary/aromatic N) is 1. The fourth-order valence-corrected chi connectivity index (χ4v) is 2.81. The van der Waals surface area contributed by atoms with Crippen molar-refractivity contribution in [2.45, 2.75) is 12.8 Å². The van der Waals surface area contributed by atoms with Crippen LogP contribution >= 0.6 is 22.6 Å². The zero-order valence-corrected chi connectivity index (χ0v) is 14.0. The van der Waals surface area contributed by atoms with E-state index in [4.69, 9.17) is 0 Å². The minimum absolute atomic E-state index is 0.149. The normalized spacial score (nSPS) is 14.2. The van der Waals surface area contributed by atoms with E-state index < -0.39 is 0 Å². The molecule has 0 aromatic heterocycles. The molecule has 0 aliphatic carbocycles. The van der Waals surface area contributed by atoms with Gasteiger partial charge in [-0.15, -0.1) is 0 Å². The van der Waals surface area contributed by atoms with Gasteiger partial charge in [-0.2, -0.15) is 0 Å². The molecule has 0 spiro atoms. The Bertz CT molecular complexity index is 696. The first-order chi connectivity index (χ1) is 10.6. The highest BCUT2D eigenvalue weighted by atomic mass is 127. The van der Waals surface area contributed by atoms with E-state index in [2.05, 4.69) is 27.9 Å². The Balaban J connectivity index is 1.70. The number of carbonyl (C=O) groups excluding carboxylic acids is 2. The Kier molecular flexibility index (Phi) is 4.42. The fourth-order valence-electron chi connectivity index (χ4n) is 2.45. The van der Waals surface area contributed by atoms with Crippen molar-refractivity contribution in [1.29, 1.82) is 0 Å². The van der Waals surface area contributed by atoms with Crippen LogP contribution in [0.25, 0.3) is 0 Å². The highest BCUT2D eigenvalue weighted by Gasteiger charge is 2.21. The number of hydrogen-bond donors (Lipinski definition) is 1. The van der Waals surface area contributed by atoms with Gasteiger partial charge in [-0.25, -0.2) is 0 Å². The molecule has 1 aliphatic rings. The first kappa shape index (κ1) is 15.0. The van der Waals surface area contributed by atoms with Gasteiger partial charge < -0.3 is 10.2 Å². The van der Waals surface area contributed by atoms with Crippen molar-refractivity contribution in [2.24, 2.45) is 0 Å². The molecule has 1 heterocycles. The van der Waals surface area contributed by atoms with Gasteiger partial charge in [-0.3, -0.25) is 9.59 Å². The highest BCUT2D eigenvalue weighted by molar-refractivity contribution is 14.1. The SMILES string of the molecule is O=C(Nc1ccc(I)cc1)c1ccc(N2CCCC2=O)cc1. The predicted molar refractivity (Wildman–Crippen MR) is 95.1 cm³/mol. The number of carbonyl (C=O) groups is 2. The van der Waals surface area contributed by atoms with Gasteiger partial charge in [0.05, 0.1) is 0 Å². The standard InChI is InChI=1S/C17H15IN2O2/c18-13-5-7-14(8-6-13)19-17(22)12-3-9-15(10-4-12)20-11-1-2-16(20)21/h3-10H,1-2,11H2,(H,19,22). The van der Waals surface area contributed by atoms with E-state index in [1.165, 1.54) is 0 Å². The topological polar surface area (TPSA) is 49.4 Å². The van der Waals surface area contributed by atoms with Crippen LogP contribution in [0.3, 0.4) is 0 Å². The molecule has 1 aliphatic heterocycles. The summed E-state index contributed by atoms with van der Waals surface area (Å²) in [6, 6.07) is 14.8. The average Bonchev–Trinajstić information content (AvgIpc) is 2.96. The fraction of sp³-hybridized carbons (Fsp3) is 0.176. The molecule has 112 valence electrons. The summed E-state index contributed by atoms with van der Waals surface area (Å²) in [6.07, 6.45) is 1.50. The van der Waals surface area contributed by atoms with Gasteiger partial charge in [0, 0.05) is 33.5 Å². The largest absolute Gasteiger partial charge is 0.322 e. The smallest absolute Gasteiger partial charge is 0.255 e. The molecule has 3 rings (SSSR count). The average molecular weight is 406 g/mol. The first-order valence-electron chi connectivity index (χ1n) is 7.11. The van der Waals surface area contributed by atoms with E-state index in [1.54, 1.807) is 17.0 Å². The van der Waals surface area contributed by atoms with Crippen LogP contribution in [-0.2, 0) is 4.79 Å². The Morgan fingerprint density at radius 2 is 1.73 bits per heavy atom. The second kappa shape index (κ2) is 6.48. The summed E-state index contributed by atoms with van der Waals surface area (Å²) in [4.78, 5) is 25.7. The highest BCUT2D eigenvalue weighted by Crippen LogP contribution is 2.22. The second-order valence-electron chi connectivity index (χ2n) is 5.16.